The van der Waals surface area contributed by atoms with Crippen molar-refractivity contribution in [3.8, 4) is 0 Å². The lowest BCUT2D eigenvalue weighted by Crippen LogP contribution is -2.25. The summed E-state index contributed by atoms with van der Waals surface area (Å²) in [6, 6.07) is 0. The summed E-state index contributed by atoms with van der Waals surface area (Å²) in [5.41, 5.74) is 0. The van der Waals surface area contributed by atoms with Gasteiger partial charge in [-0.05, 0) is 6.42 Å². The Morgan fingerprint density at radius 2 is 1.24 bits per heavy atom. The molecule has 0 radical (unpaired) electrons. The first-order valence-electron chi connectivity index (χ1n) is 8.45. The van der Waals surface area contributed by atoms with Gasteiger partial charge in [-0.25, -0.2) is 0 Å². The number of amides is 1. The number of ether oxygens (including phenoxy) is 5. The molecule has 9 nitrogen and oxygen atoms in total. The first-order valence-corrected chi connectivity index (χ1v) is 8.45. The lowest BCUT2D eigenvalue weighted by molar-refractivity contribution is -0.138. The molecule has 0 unspecified atom stereocenters. The van der Waals surface area contributed by atoms with Crippen molar-refractivity contribution in [3.05, 3.63) is 0 Å². The topological polar surface area (TPSA) is 113 Å². The number of carboxylic acids is 1. The third-order valence-corrected chi connectivity index (χ3v) is 2.90. The third-order valence-electron chi connectivity index (χ3n) is 2.90. The van der Waals surface area contributed by atoms with Gasteiger partial charge >= 0.3 is 5.97 Å². The van der Waals surface area contributed by atoms with E-state index in [2.05, 4.69) is 5.32 Å². The Morgan fingerprint density at radius 3 is 1.72 bits per heavy atom. The summed E-state index contributed by atoms with van der Waals surface area (Å²) < 4.78 is 26.1. The van der Waals surface area contributed by atoms with Gasteiger partial charge in [0.05, 0.1) is 59.3 Å². The minimum absolute atomic E-state index is 0.00534. The van der Waals surface area contributed by atoms with Gasteiger partial charge in [0.2, 0.25) is 5.91 Å². The van der Waals surface area contributed by atoms with E-state index in [4.69, 9.17) is 28.8 Å². The fourth-order valence-corrected chi connectivity index (χ4v) is 1.61. The Kier molecular flexibility index (Phi) is 18.1. The van der Waals surface area contributed by atoms with E-state index in [9.17, 15) is 9.59 Å². The molecule has 148 valence electrons. The van der Waals surface area contributed by atoms with Gasteiger partial charge in [0, 0.05) is 26.7 Å². The number of hydrogen-bond donors (Lipinski definition) is 2. The van der Waals surface area contributed by atoms with Crippen LogP contribution in [0.3, 0.4) is 0 Å². The van der Waals surface area contributed by atoms with E-state index in [-0.39, 0.29) is 18.7 Å². The van der Waals surface area contributed by atoms with Crippen LogP contribution in [0.25, 0.3) is 0 Å². The number of nitrogens with one attached hydrogen (secondary N) is 1. The molecule has 0 aliphatic heterocycles. The van der Waals surface area contributed by atoms with Crippen molar-refractivity contribution in [3.63, 3.8) is 0 Å². The van der Waals surface area contributed by atoms with Crippen LogP contribution in [0.15, 0.2) is 0 Å². The molecule has 0 bridgehead atoms. The standard InChI is InChI=1S/C16H31NO8/c1-21-7-8-23-11-12-25-14-13-24-10-9-22-6-2-5-17-15(18)3-4-16(19)20/h2-14H2,1H3,(H,17,18)(H,19,20). The zero-order valence-electron chi connectivity index (χ0n) is 15.0. The van der Waals surface area contributed by atoms with Crippen molar-refractivity contribution in [1.82, 2.24) is 5.32 Å². The molecule has 0 aromatic heterocycles. The number of hydrogen-bond acceptors (Lipinski definition) is 7. The highest BCUT2D eigenvalue weighted by atomic mass is 16.6. The van der Waals surface area contributed by atoms with E-state index < -0.39 is 5.97 Å². The van der Waals surface area contributed by atoms with Crippen LogP contribution in [0.5, 0.6) is 0 Å². The van der Waals surface area contributed by atoms with Crippen molar-refractivity contribution in [2.45, 2.75) is 19.3 Å². The molecule has 2 N–H and O–H groups in total. The molecule has 0 spiro atoms. The summed E-state index contributed by atoms with van der Waals surface area (Å²) in [6.07, 6.45) is 0.528. The van der Waals surface area contributed by atoms with E-state index in [0.717, 1.165) is 0 Å². The molecule has 0 saturated carbocycles. The van der Waals surface area contributed by atoms with Crippen molar-refractivity contribution in [2.75, 3.05) is 73.1 Å². The molecule has 0 atom stereocenters. The van der Waals surface area contributed by atoms with Crippen LogP contribution < -0.4 is 5.32 Å². The molecule has 1 amide bonds. The largest absolute Gasteiger partial charge is 0.481 e. The molecule has 0 aliphatic rings. The zero-order valence-corrected chi connectivity index (χ0v) is 15.0. The van der Waals surface area contributed by atoms with E-state index in [1.165, 1.54) is 0 Å². The second kappa shape index (κ2) is 19.1. The highest BCUT2D eigenvalue weighted by molar-refractivity contribution is 5.80. The van der Waals surface area contributed by atoms with Gasteiger partial charge in [-0.15, -0.1) is 0 Å². The summed E-state index contributed by atoms with van der Waals surface area (Å²) in [4.78, 5) is 21.5. The maximum atomic E-state index is 11.2. The van der Waals surface area contributed by atoms with Crippen LogP contribution in [0.4, 0.5) is 0 Å². The van der Waals surface area contributed by atoms with Gasteiger partial charge in [-0.3, -0.25) is 9.59 Å². The number of carbonyl (C=O) groups excluding carboxylic acids is 1. The minimum Gasteiger partial charge on any atom is -0.481 e. The predicted octanol–water partition coefficient (Wildman–Crippen LogP) is 0.0703. The van der Waals surface area contributed by atoms with Crippen LogP contribution >= 0.6 is 0 Å². The smallest absolute Gasteiger partial charge is 0.303 e. The van der Waals surface area contributed by atoms with Crippen molar-refractivity contribution >= 4 is 11.9 Å². The molecule has 0 saturated heterocycles. The summed E-state index contributed by atoms with van der Waals surface area (Å²) >= 11 is 0. The van der Waals surface area contributed by atoms with E-state index in [1.54, 1.807) is 7.11 Å². The molecular weight excluding hydrogens is 334 g/mol. The summed E-state index contributed by atoms with van der Waals surface area (Å²) in [7, 11) is 1.63. The highest BCUT2D eigenvalue weighted by Crippen LogP contribution is 1.89. The lowest BCUT2D eigenvalue weighted by atomic mass is 10.3. The number of aliphatic carboxylic acids is 1. The summed E-state index contributed by atoms with van der Waals surface area (Å²) in [5.74, 6) is -1.23. The molecule has 0 heterocycles. The maximum absolute atomic E-state index is 11.2. The number of carboxylic acid groups (broad SMARTS) is 1. The second-order valence-electron chi connectivity index (χ2n) is 5.04. The quantitative estimate of drug-likeness (QED) is 0.309. The minimum atomic E-state index is -0.973. The van der Waals surface area contributed by atoms with Crippen LogP contribution in [-0.4, -0.2) is 90.1 Å². The Hall–Kier alpha value is -1.26. The first-order chi connectivity index (χ1) is 12.2. The maximum Gasteiger partial charge on any atom is 0.303 e. The highest BCUT2D eigenvalue weighted by Gasteiger charge is 2.03. The van der Waals surface area contributed by atoms with E-state index >= 15 is 0 Å². The third kappa shape index (κ3) is 20.7. The van der Waals surface area contributed by atoms with Crippen molar-refractivity contribution < 1.29 is 38.4 Å². The Labute approximate surface area is 148 Å². The van der Waals surface area contributed by atoms with Crippen LogP contribution in [-0.2, 0) is 33.3 Å². The molecule has 25 heavy (non-hydrogen) atoms. The molecular formula is C16H31NO8. The average molecular weight is 365 g/mol. The lowest BCUT2D eigenvalue weighted by Gasteiger charge is -2.08. The summed E-state index contributed by atoms with van der Waals surface area (Å²) in [6.45, 7) is 5.18. The fraction of sp³-hybridized carbons (Fsp3) is 0.875. The van der Waals surface area contributed by atoms with E-state index in [0.29, 0.717) is 72.4 Å². The van der Waals surface area contributed by atoms with Gasteiger partial charge in [-0.2, -0.15) is 0 Å². The molecule has 0 rings (SSSR count). The summed E-state index contributed by atoms with van der Waals surface area (Å²) in [5, 5.41) is 11.1. The van der Waals surface area contributed by atoms with Crippen LogP contribution in [0, 0.1) is 0 Å². The van der Waals surface area contributed by atoms with Crippen LogP contribution in [0.2, 0.25) is 0 Å². The number of rotatable bonds is 19. The molecule has 0 aromatic rings. The molecule has 0 aliphatic carbocycles. The monoisotopic (exact) mass is 365 g/mol. The average Bonchev–Trinajstić information content (AvgIpc) is 2.59. The van der Waals surface area contributed by atoms with E-state index in [1.807, 2.05) is 0 Å². The number of methoxy groups -OCH3 is 1. The Bertz CT molecular complexity index is 327. The van der Waals surface area contributed by atoms with Crippen LogP contribution in [0.1, 0.15) is 19.3 Å². The first kappa shape index (κ1) is 23.7. The van der Waals surface area contributed by atoms with Gasteiger partial charge in [0.25, 0.3) is 0 Å². The second-order valence-corrected chi connectivity index (χ2v) is 5.04. The molecule has 9 heteroatoms. The molecule has 0 fully saturated rings. The fourth-order valence-electron chi connectivity index (χ4n) is 1.61. The van der Waals surface area contributed by atoms with Gasteiger partial charge in [-0.1, -0.05) is 0 Å². The zero-order chi connectivity index (χ0) is 18.6. The van der Waals surface area contributed by atoms with Crippen molar-refractivity contribution in [1.29, 1.82) is 0 Å². The predicted molar refractivity (Wildman–Crippen MR) is 89.6 cm³/mol. The van der Waals surface area contributed by atoms with Gasteiger partial charge < -0.3 is 34.1 Å². The normalized spacial score (nSPS) is 10.8. The molecule has 0 aromatic carbocycles. The van der Waals surface area contributed by atoms with Gasteiger partial charge in [0.1, 0.15) is 0 Å². The number of carbonyl (C=O) groups is 2. The SMILES string of the molecule is COCCOCCOCCOCCOCCCNC(=O)CCC(=O)O. The Balaban J connectivity index is 3.09. The van der Waals surface area contributed by atoms with Gasteiger partial charge in [0.15, 0.2) is 0 Å². The van der Waals surface area contributed by atoms with Crippen molar-refractivity contribution in [2.24, 2.45) is 0 Å². The Morgan fingerprint density at radius 1 is 0.760 bits per heavy atom.